The van der Waals surface area contributed by atoms with E-state index in [1.54, 1.807) is 13.8 Å². The topological polar surface area (TPSA) is 491 Å². The second-order valence-electron chi connectivity index (χ2n) is 19.1. The molecule has 0 aromatic rings. The SMILES string of the molecule is CCC1=C(C(=O)O)O[C@@H](OCC2C(O)OC(CO)[C@@H](O)C2CO[C@@H]2OC(C)[C@@H](O)C(O)C2O)C(O)C1O.CCC1C(O)[C@H](OCC2C(O)OC(CO)[C@@H](O)C2CO[C@@H]2OC(C)[C@@H](O)C(O)C2O)OC(C(=O)O)[C@H]1O. The van der Waals surface area contributed by atoms with E-state index in [9.17, 15) is 102 Å². The lowest BCUT2D eigenvalue weighted by atomic mass is 9.82. The van der Waals surface area contributed by atoms with Crippen LogP contribution in [0.15, 0.2) is 11.3 Å². The van der Waals surface area contributed by atoms with Crippen LogP contribution in [-0.2, 0) is 57.0 Å². The van der Waals surface area contributed by atoms with E-state index in [0.29, 0.717) is 0 Å². The van der Waals surface area contributed by atoms with Crippen LogP contribution in [0.3, 0.4) is 0 Å². The summed E-state index contributed by atoms with van der Waals surface area (Å²) in [6, 6.07) is 0. The van der Waals surface area contributed by atoms with E-state index in [0.717, 1.165) is 0 Å². The lowest BCUT2D eigenvalue weighted by Crippen LogP contribution is -2.60. The van der Waals surface area contributed by atoms with Crippen molar-refractivity contribution in [3.63, 3.8) is 0 Å². The first-order valence-corrected chi connectivity index (χ1v) is 24.2. The monoisotopic (exact) mass is 1080 g/mol. The standard InChI is InChI=1S/C22H36O15.C22H38O15/c1-3-8-14(26)16(28)22(37-18(8)19(30)31)34-6-10-9(13(25)11(4-23)36-20(10)32)5-33-21-17(29)15(27)12(24)7(2)35-21;1-3-8-14(26)18(19(30)31)37-21(15(8)27)34-6-10-9(13(25)11(4-23)36-20(10)32)5-33-22-17(29)16(28)12(24)7(2)35-22/h7,9-17,20-29,32H,3-6H2,1-2H3,(H,30,31);7-18,20-29,32H,3-6H2,1-2H3,(H,30,31)/t7?,9?,10?,11?,12-,13+,14?,15?,16?,17?,20?,21-,22-;7?,8?,9?,10?,11?,12-,13+,14+,15?,16?,17?,18?,20?,21-,22-/m11/s1. The van der Waals surface area contributed by atoms with Crippen molar-refractivity contribution >= 4 is 11.9 Å². The minimum Gasteiger partial charge on any atom is -0.479 e. The summed E-state index contributed by atoms with van der Waals surface area (Å²) < 4.78 is 54.0. The van der Waals surface area contributed by atoms with Gasteiger partial charge in [0.15, 0.2) is 37.6 Å². The molecule has 6 rings (SSSR count). The third-order valence-corrected chi connectivity index (χ3v) is 14.4. The molecule has 0 aromatic heterocycles. The number of hydrogen-bond acceptors (Lipinski definition) is 28. The summed E-state index contributed by atoms with van der Waals surface area (Å²) >= 11 is 0. The van der Waals surface area contributed by atoms with Crippen LogP contribution in [0.4, 0.5) is 0 Å². The molecule has 5 saturated heterocycles. The highest BCUT2D eigenvalue weighted by molar-refractivity contribution is 5.85. The molecule has 19 unspecified atom stereocenters. The van der Waals surface area contributed by atoms with Gasteiger partial charge < -0.3 is 139 Å². The molecule has 6 heterocycles. The second-order valence-corrected chi connectivity index (χ2v) is 19.1. The number of rotatable bonds is 18. The van der Waals surface area contributed by atoms with Gasteiger partial charge in [0.1, 0.15) is 67.1 Å². The molecule has 6 aliphatic rings. The number of aliphatic hydroxyl groups is 16. The van der Waals surface area contributed by atoms with Crippen LogP contribution in [0, 0.1) is 29.6 Å². The smallest absolute Gasteiger partial charge is 0.371 e. The quantitative estimate of drug-likeness (QED) is 0.0606. The molecule has 74 heavy (non-hydrogen) atoms. The van der Waals surface area contributed by atoms with E-state index in [1.165, 1.54) is 13.8 Å². The van der Waals surface area contributed by atoms with Crippen LogP contribution in [0.2, 0.25) is 0 Å². The maximum Gasteiger partial charge on any atom is 0.371 e. The Hall–Kier alpha value is -2.52. The lowest BCUT2D eigenvalue weighted by Gasteiger charge is -2.45. The van der Waals surface area contributed by atoms with Gasteiger partial charge in [-0.15, -0.1) is 0 Å². The molecule has 30 nitrogen and oxygen atoms in total. The van der Waals surface area contributed by atoms with E-state index in [-0.39, 0.29) is 25.0 Å². The summed E-state index contributed by atoms with van der Waals surface area (Å²) in [4.78, 5) is 23.0. The van der Waals surface area contributed by atoms with Crippen molar-refractivity contribution in [3.8, 4) is 0 Å². The molecule has 0 saturated carbocycles. The minimum atomic E-state index is -1.66. The fourth-order valence-electron chi connectivity index (χ4n) is 9.69. The number of ether oxygens (including phenoxy) is 10. The summed E-state index contributed by atoms with van der Waals surface area (Å²) in [5.41, 5.74) is -0.0269. The molecule has 0 radical (unpaired) electrons. The van der Waals surface area contributed by atoms with Crippen LogP contribution in [0.1, 0.15) is 40.5 Å². The largest absolute Gasteiger partial charge is 0.479 e. The average Bonchev–Trinajstić information content (AvgIpc) is 3.36. The Kier molecular flexibility index (Phi) is 23.1. The number of aliphatic hydroxyl groups excluding tert-OH is 16. The summed E-state index contributed by atoms with van der Waals surface area (Å²) in [7, 11) is 0. The third-order valence-electron chi connectivity index (χ3n) is 14.4. The van der Waals surface area contributed by atoms with Gasteiger partial charge in [0.2, 0.25) is 12.0 Å². The molecule has 0 bridgehead atoms. The molecule has 6 aliphatic heterocycles. The first-order chi connectivity index (χ1) is 34.8. The van der Waals surface area contributed by atoms with Crippen LogP contribution < -0.4 is 0 Å². The number of carbonyl (C=O) groups is 2. The molecule has 0 aliphatic carbocycles. The van der Waals surface area contributed by atoms with Gasteiger partial charge in [0.25, 0.3) is 0 Å². The maximum absolute atomic E-state index is 11.5. The molecule has 0 amide bonds. The van der Waals surface area contributed by atoms with Crippen LogP contribution in [0.5, 0.6) is 0 Å². The lowest BCUT2D eigenvalue weighted by molar-refractivity contribution is -0.321. The van der Waals surface area contributed by atoms with E-state index in [2.05, 4.69) is 0 Å². The zero-order valence-corrected chi connectivity index (χ0v) is 40.8. The van der Waals surface area contributed by atoms with Crippen molar-refractivity contribution < 1.29 is 149 Å². The van der Waals surface area contributed by atoms with Gasteiger partial charge in [-0.2, -0.15) is 0 Å². The first-order valence-electron chi connectivity index (χ1n) is 24.2. The van der Waals surface area contributed by atoms with Gasteiger partial charge in [-0.1, -0.05) is 13.8 Å². The van der Waals surface area contributed by atoms with Crippen molar-refractivity contribution in [2.24, 2.45) is 29.6 Å². The summed E-state index contributed by atoms with van der Waals surface area (Å²) in [6.45, 7) is 3.13. The van der Waals surface area contributed by atoms with E-state index < -0.39 is 222 Å². The van der Waals surface area contributed by atoms with Crippen LogP contribution >= 0.6 is 0 Å². The molecular weight excluding hydrogens is 1010 g/mol. The summed E-state index contributed by atoms with van der Waals surface area (Å²) in [5.74, 6) is -8.55. The van der Waals surface area contributed by atoms with Gasteiger partial charge in [0.05, 0.1) is 70.2 Å². The highest BCUT2D eigenvalue weighted by Crippen LogP contribution is 2.37. The molecule has 0 aromatic carbocycles. The van der Waals surface area contributed by atoms with Crippen LogP contribution in [-0.4, -0.2) is 285 Å². The van der Waals surface area contributed by atoms with Gasteiger partial charge >= 0.3 is 11.9 Å². The number of aliphatic carboxylic acids is 2. The van der Waals surface area contributed by atoms with Gasteiger partial charge in [0, 0.05) is 35.2 Å². The van der Waals surface area contributed by atoms with Gasteiger partial charge in [-0.3, -0.25) is 0 Å². The van der Waals surface area contributed by atoms with Gasteiger partial charge in [-0.25, -0.2) is 9.59 Å². The highest BCUT2D eigenvalue weighted by atomic mass is 16.7. The van der Waals surface area contributed by atoms with Crippen molar-refractivity contribution in [1.29, 1.82) is 0 Å². The Morgan fingerprint density at radius 3 is 1.24 bits per heavy atom. The highest BCUT2D eigenvalue weighted by Gasteiger charge is 2.52. The predicted molar refractivity (Wildman–Crippen MR) is 234 cm³/mol. The Morgan fingerprint density at radius 1 is 0.459 bits per heavy atom. The van der Waals surface area contributed by atoms with Crippen LogP contribution in [0.25, 0.3) is 0 Å². The van der Waals surface area contributed by atoms with Crippen molar-refractivity contribution in [2.75, 3.05) is 39.6 Å². The number of carboxylic acids is 2. The molecular formula is C44H74O30. The van der Waals surface area contributed by atoms with Crippen molar-refractivity contribution in [1.82, 2.24) is 0 Å². The van der Waals surface area contributed by atoms with E-state index in [1.807, 2.05) is 0 Å². The van der Waals surface area contributed by atoms with Crippen molar-refractivity contribution in [3.05, 3.63) is 11.3 Å². The van der Waals surface area contributed by atoms with Crippen molar-refractivity contribution in [2.45, 2.75) is 182 Å². The molecule has 28 atom stereocenters. The zero-order chi connectivity index (χ0) is 55.2. The summed E-state index contributed by atoms with van der Waals surface area (Å²) in [6.07, 6.45) is -32.7. The Labute approximate surface area is 422 Å². The predicted octanol–water partition coefficient (Wildman–Crippen LogP) is -8.32. The normalized spacial score (nSPS) is 47.0. The second kappa shape index (κ2) is 27.4. The number of carboxylic acid groups (broad SMARTS) is 2. The zero-order valence-electron chi connectivity index (χ0n) is 40.8. The number of hydrogen-bond donors (Lipinski definition) is 18. The molecule has 0 spiro atoms. The minimum absolute atomic E-state index is 0.0269. The fourth-order valence-corrected chi connectivity index (χ4v) is 9.69. The molecule has 5 fully saturated rings. The third kappa shape index (κ3) is 13.8. The maximum atomic E-state index is 11.5. The molecule has 430 valence electrons. The summed E-state index contributed by atoms with van der Waals surface area (Å²) in [5, 5.41) is 182. The first kappa shape index (κ1) is 62.3. The van der Waals surface area contributed by atoms with E-state index >= 15 is 0 Å². The average molecular weight is 1080 g/mol. The Bertz CT molecular complexity index is 1800. The Morgan fingerprint density at radius 2 is 0.865 bits per heavy atom. The van der Waals surface area contributed by atoms with Gasteiger partial charge in [-0.05, 0) is 26.7 Å². The van der Waals surface area contributed by atoms with E-state index in [4.69, 9.17) is 47.4 Å². The molecule has 30 heteroatoms. The molecule has 18 N–H and O–H groups in total. The fraction of sp³-hybridized carbons (Fsp3) is 0.909. The Balaban J connectivity index is 0.000000274.